The van der Waals surface area contributed by atoms with Crippen LogP contribution in [0, 0.1) is 18.3 Å². The van der Waals surface area contributed by atoms with E-state index in [-0.39, 0.29) is 12.5 Å². The molecule has 130 valence electrons. The summed E-state index contributed by atoms with van der Waals surface area (Å²) in [4.78, 5) is 25.8. The molecule has 0 radical (unpaired) electrons. The Labute approximate surface area is 155 Å². The van der Waals surface area contributed by atoms with Crippen LogP contribution in [0.5, 0.6) is 0 Å². The average Bonchev–Trinajstić information content (AvgIpc) is 2.91. The SMILES string of the molecule is CCOC(=O)c1sc(NC(=O)c2ccc(SCC)cc2)c(C#N)c1C. The van der Waals surface area contributed by atoms with Crippen molar-refractivity contribution >= 4 is 40.0 Å². The smallest absolute Gasteiger partial charge is 0.348 e. The van der Waals surface area contributed by atoms with E-state index in [2.05, 4.69) is 12.2 Å². The number of carbonyl (C=O) groups excluding carboxylic acids is 2. The highest BCUT2D eigenvalue weighted by molar-refractivity contribution is 7.99. The number of hydrogen-bond donors (Lipinski definition) is 1. The fraction of sp³-hybridized carbons (Fsp3) is 0.278. The molecule has 0 spiro atoms. The molecule has 0 aliphatic carbocycles. The molecule has 1 heterocycles. The zero-order chi connectivity index (χ0) is 18.4. The molecule has 0 saturated heterocycles. The van der Waals surface area contributed by atoms with Crippen LogP contribution >= 0.6 is 23.1 Å². The number of ether oxygens (including phenoxy) is 1. The molecule has 1 amide bonds. The summed E-state index contributed by atoms with van der Waals surface area (Å²) in [6.45, 7) is 5.71. The van der Waals surface area contributed by atoms with Gasteiger partial charge in [0, 0.05) is 10.5 Å². The van der Waals surface area contributed by atoms with Crippen molar-refractivity contribution in [2.45, 2.75) is 25.7 Å². The topological polar surface area (TPSA) is 79.2 Å². The third-order valence-electron chi connectivity index (χ3n) is 3.37. The molecule has 0 unspecified atom stereocenters. The fourth-order valence-corrected chi connectivity index (χ4v) is 3.88. The minimum Gasteiger partial charge on any atom is -0.462 e. The number of nitriles is 1. The Morgan fingerprint density at radius 3 is 2.52 bits per heavy atom. The Kier molecular flexibility index (Phi) is 6.62. The number of nitrogens with one attached hydrogen (secondary N) is 1. The second-order valence-electron chi connectivity index (χ2n) is 5.00. The lowest BCUT2D eigenvalue weighted by atomic mass is 10.1. The number of rotatable bonds is 6. The fourth-order valence-electron chi connectivity index (χ4n) is 2.17. The van der Waals surface area contributed by atoms with Gasteiger partial charge in [-0.05, 0) is 49.4 Å². The highest BCUT2D eigenvalue weighted by Gasteiger charge is 2.22. The van der Waals surface area contributed by atoms with Crippen LogP contribution in [0.2, 0.25) is 0 Å². The van der Waals surface area contributed by atoms with Crippen LogP contribution in [0.25, 0.3) is 0 Å². The second-order valence-corrected chi connectivity index (χ2v) is 7.36. The van der Waals surface area contributed by atoms with Crippen molar-refractivity contribution in [3.63, 3.8) is 0 Å². The molecule has 5 nitrogen and oxygen atoms in total. The van der Waals surface area contributed by atoms with Gasteiger partial charge in [-0.1, -0.05) is 6.92 Å². The van der Waals surface area contributed by atoms with E-state index in [0.29, 0.717) is 26.6 Å². The summed E-state index contributed by atoms with van der Waals surface area (Å²) in [7, 11) is 0. The highest BCUT2D eigenvalue weighted by Crippen LogP contribution is 2.33. The van der Waals surface area contributed by atoms with Gasteiger partial charge in [-0.2, -0.15) is 5.26 Å². The summed E-state index contributed by atoms with van der Waals surface area (Å²) in [5, 5.41) is 12.4. The number of carbonyl (C=O) groups is 2. The standard InChI is InChI=1S/C18H18N2O3S2/c1-4-23-18(22)15-11(3)14(10-19)17(25-15)20-16(21)12-6-8-13(9-7-12)24-5-2/h6-9H,4-5H2,1-3H3,(H,20,21). The summed E-state index contributed by atoms with van der Waals surface area (Å²) in [6.07, 6.45) is 0. The minimum absolute atomic E-state index is 0.252. The van der Waals surface area contributed by atoms with Crippen LogP contribution in [-0.2, 0) is 4.74 Å². The van der Waals surface area contributed by atoms with E-state index in [0.717, 1.165) is 22.0 Å². The van der Waals surface area contributed by atoms with Crippen molar-refractivity contribution in [3.8, 4) is 6.07 Å². The Balaban J connectivity index is 2.24. The van der Waals surface area contributed by atoms with Crippen LogP contribution in [0.15, 0.2) is 29.2 Å². The van der Waals surface area contributed by atoms with Crippen LogP contribution in [0.4, 0.5) is 5.00 Å². The largest absolute Gasteiger partial charge is 0.462 e. The second kappa shape index (κ2) is 8.70. The number of esters is 1. The number of anilines is 1. The summed E-state index contributed by atoms with van der Waals surface area (Å²) < 4.78 is 4.99. The summed E-state index contributed by atoms with van der Waals surface area (Å²) in [5.74, 6) is 0.159. The lowest BCUT2D eigenvalue weighted by Gasteiger charge is -2.04. The van der Waals surface area contributed by atoms with E-state index in [1.165, 1.54) is 0 Å². The van der Waals surface area contributed by atoms with Gasteiger partial charge in [0.25, 0.3) is 5.91 Å². The van der Waals surface area contributed by atoms with E-state index in [9.17, 15) is 14.9 Å². The van der Waals surface area contributed by atoms with Gasteiger partial charge in [0.15, 0.2) is 0 Å². The van der Waals surface area contributed by atoms with E-state index < -0.39 is 5.97 Å². The van der Waals surface area contributed by atoms with Crippen molar-refractivity contribution in [1.82, 2.24) is 0 Å². The Morgan fingerprint density at radius 1 is 1.28 bits per heavy atom. The molecule has 1 aromatic heterocycles. The maximum Gasteiger partial charge on any atom is 0.348 e. The van der Waals surface area contributed by atoms with Crippen molar-refractivity contribution in [3.05, 3.63) is 45.8 Å². The number of hydrogen-bond acceptors (Lipinski definition) is 6. The van der Waals surface area contributed by atoms with Gasteiger partial charge in [-0.25, -0.2) is 4.79 Å². The number of benzene rings is 1. The third kappa shape index (κ3) is 4.41. The van der Waals surface area contributed by atoms with Crippen LogP contribution in [0.3, 0.4) is 0 Å². The first-order valence-corrected chi connectivity index (χ1v) is 9.56. The van der Waals surface area contributed by atoms with Crippen molar-refractivity contribution < 1.29 is 14.3 Å². The van der Waals surface area contributed by atoms with E-state index >= 15 is 0 Å². The minimum atomic E-state index is -0.483. The van der Waals surface area contributed by atoms with Gasteiger partial charge in [0.1, 0.15) is 15.9 Å². The van der Waals surface area contributed by atoms with Crippen LogP contribution in [0.1, 0.15) is 45.0 Å². The van der Waals surface area contributed by atoms with E-state index in [4.69, 9.17) is 4.74 Å². The zero-order valence-corrected chi connectivity index (χ0v) is 15.8. The normalized spacial score (nSPS) is 10.2. The monoisotopic (exact) mass is 374 g/mol. The zero-order valence-electron chi connectivity index (χ0n) is 14.2. The van der Waals surface area contributed by atoms with Gasteiger partial charge in [0.2, 0.25) is 0 Å². The van der Waals surface area contributed by atoms with Crippen LogP contribution < -0.4 is 5.32 Å². The molecule has 2 rings (SSSR count). The summed E-state index contributed by atoms with van der Waals surface area (Å²) >= 11 is 2.75. The predicted octanol–water partition coefficient (Wildman–Crippen LogP) is 4.47. The summed E-state index contributed by atoms with van der Waals surface area (Å²) in [5.41, 5.74) is 1.31. The van der Waals surface area contributed by atoms with E-state index in [1.807, 2.05) is 18.2 Å². The molecular formula is C18H18N2O3S2. The summed E-state index contributed by atoms with van der Waals surface area (Å²) in [6, 6.07) is 9.31. The van der Waals surface area contributed by atoms with Crippen molar-refractivity contribution in [2.24, 2.45) is 0 Å². The number of nitrogens with zero attached hydrogens (tertiary/aromatic N) is 1. The molecule has 0 saturated carbocycles. The van der Waals surface area contributed by atoms with Gasteiger partial charge in [0.05, 0.1) is 12.2 Å². The molecule has 0 aliphatic heterocycles. The van der Waals surface area contributed by atoms with Gasteiger partial charge >= 0.3 is 5.97 Å². The molecule has 2 aromatic rings. The first kappa shape index (κ1) is 19.0. The molecule has 1 aromatic carbocycles. The van der Waals surface area contributed by atoms with Crippen molar-refractivity contribution in [1.29, 1.82) is 5.26 Å². The lowest BCUT2D eigenvalue weighted by molar-refractivity contribution is 0.0531. The quantitative estimate of drug-likeness (QED) is 0.596. The van der Waals surface area contributed by atoms with Gasteiger partial charge in [-0.3, -0.25) is 4.79 Å². The Bertz CT molecular complexity index is 820. The molecule has 0 aliphatic rings. The van der Waals surface area contributed by atoms with Gasteiger partial charge < -0.3 is 10.1 Å². The number of amides is 1. The van der Waals surface area contributed by atoms with E-state index in [1.54, 1.807) is 37.7 Å². The molecule has 25 heavy (non-hydrogen) atoms. The first-order valence-electron chi connectivity index (χ1n) is 7.76. The van der Waals surface area contributed by atoms with Crippen molar-refractivity contribution in [2.75, 3.05) is 17.7 Å². The first-order chi connectivity index (χ1) is 12.0. The van der Waals surface area contributed by atoms with Gasteiger partial charge in [-0.15, -0.1) is 23.1 Å². The molecule has 7 heteroatoms. The third-order valence-corrected chi connectivity index (χ3v) is 5.46. The molecule has 1 N–H and O–H groups in total. The molecule has 0 atom stereocenters. The predicted molar refractivity (Wildman–Crippen MR) is 101 cm³/mol. The maximum absolute atomic E-state index is 12.4. The molecule has 0 fully saturated rings. The lowest BCUT2D eigenvalue weighted by Crippen LogP contribution is -2.11. The molecular weight excluding hydrogens is 356 g/mol. The highest BCUT2D eigenvalue weighted by atomic mass is 32.2. The Morgan fingerprint density at radius 2 is 1.96 bits per heavy atom. The molecule has 0 bridgehead atoms. The Hall–Kier alpha value is -2.30. The average molecular weight is 374 g/mol. The maximum atomic E-state index is 12.4. The number of thioether (sulfide) groups is 1. The van der Waals surface area contributed by atoms with Crippen LogP contribution in [-0.4, -0.2) is 24.2 Å². The number of thiophene rings is 1.